The summed E-state index contributed by atoms with van der Waals surface area (Å²) in [5.41, 5.74) is 7.15. The van der Waals surface area contributed by atoms with Gasteiger partial charge in [-0.3, -0.25) is 0 Å². The summed E-state index contributed by atoms with van der Waals surface area (Å²) in [5.74, 6) is 3.70. The van der Waals surface area contributed by atoms with Crippen LogP contribution in [0, 0.1) is 0 Å². The zero-order chi connectivity index (χ0) is 15.5. The van der Waals surface area contributed by atoms with Crippen molar-refractivity contribution in [1.82, 2.24) is 0 Å². The van der Waals surface area contributed by atoms with Crippen LogP contribution in [-0.4, -0.2) is 30.5 Å². The van der Waals surface area contributed by atoms with Gasteiger partial charge in [0.15, 0.2) is 0 Å². The van der Waals surface area contributed by atoms with Gasteiger partial charge in [-0.15, -0.1) is 11.8 Å². The molecule has 1 nitrogen and oxygen atoms in total. The number of ether oxygens (including phenoxy) is 1. The fourth-order valence-corrected chi connectivity index (χ4v) is 5.13. The molecule has 4 rings (SSSR count). The van der Waals surface area contributed by atoms with Crippen LogP contribution in [0.2, 0.25) is 0 Å². The van der Waals surface area contributed by atoms with Crippen LogP contribution < -0.4 is 0 Å². The van der Waals surface area contributed by atoms with E-state index in [9.17, 15) is 0 Å². The van der Waals surface area contributed by atoms with E-state index in [1.54, 1.807) is 0 Å². The summed E-state index contributed by atoms with van der Waals surface area (Å²) in [5, 5.41) is 2.34. The molecule has 0 unspecified atom stereocenters. The average molecular weight is 341 g/mol. The van der Waals surface area contributed by atoms with Crippen LogP contribution in [0.3, 0.4) is 0 Å². The number of fused-ring (bicyclic) bond motifs is 3. The summed E-state index contributed by atoms with van der Waals surface area (Å²) in [7, 11) is 0. The third-order valence-electron chi connectivity index (χ3n) is 4.46. The Balaban J connectivity index is 1.86. The summed E-state index contributed by atoms with van der Waals surface area (Å²) in [6, 6.07) is 17.9. The van der Waals surface area contributed by atoms with E-state index in [0.717, 1.165) is 30.5 Å². The Morgan fingerprint density at radius 1 is 0.826 bits per heavy atom. The first-order valence-electron chi connectivity index (χ1n) is 8.11. The minimum absolute atomic E-state index is 0.482. The molecule has 1 aliphatic carbocycles. The second kappa shape index (κ2) is 7.16. The van der Waals surface area contributed by atoms with Gasteiger partial charge in [0.05, 0.1) is 13.2 Å². The van der Waals surface area contributed by atoms with Gasteiger partial charge in [-0.2, -0.15) is 11.8 Å². The lowest BCUT2D eigenvalue weighted by Crippen LogP contribution is -2.15. The van der Waals surface area contributed by atoms with E-state index in [4.69, 9.17) is 4.74 Å². The highest BCUT2D eigenvalue weighted by Gasteiger charge is 2.28. The standard InChI is InChI=1S/C20H20OS2/c1-2-6-16-15(5-1)19-13-22-11-9-21-10-12-23-14-20(16)18-8-4-3-7-17(18)19/h1-8,13,20H,9-12,14H2. The molecule has 0 spiro atoms. The molecule has 2 aromatic carbocycles. The second-order valence-corrected chi connectivity index (χ2v) is 7.94. The van der Waals surface area contributed by atoms with Crippen molar-refractivity contribution in [3.8, 4) is 0 Å². The normalized spacial score (nSPS) is 21.2. The Kier molecular flexibility index (Phi) is 4.79. The zero-order valence-electron chi connectivity index (χ0n) is 13.0. The van der Waals surface area contributed by atoms with Crippen LogP contribution >= 0.6 is 23.5 Å². The topological polar surface area (TPSA) is 9.23 Å². The Morgan fingerprint density at radius 2 is 1.48 bits per heavy atom. The van der Waals surface area contributed by atoms with Crippen molar-refractivity contribution in [3.05, 3.63) is 76.2 Å². The van der Waals surface area contributed by atoms with Crippen molar-refractivity contribution < 1.29 is 4.74 Å². The predicted molar refractivity (Wildman–Crippen MR) is 102 cm³/mol. The van der Waals surface area contributed by atoms with Crippen molar-refractivity contribution in [2.24, 2.45) is 0 Å². The Hall–Kier alpha value is -1.16. The van der Waals surface area contributed by atoms with Crippen LogP contribution in [0.4, 0.5) is 0 Å². The lowest BCUT2D eigenvalue weighted by molar-refractivity contribution is 0.167. The number of hydrogen-bond donors (Lipinski definition) is 0. The Morgan fingerprint density at radius 3 is 2.22 bits per heavy atom. The molecule has 2 bridgehead atoms. The summed E-state index contributed by atoms with van der Waals surface area (Å²) in [6.45, 7) is 1.69. The van der Waals surface area contributed by atoms with Gasteiger partial charge >= 0.3 is 0 Å². The number of thioether (sulfide) groups is 2. The van der Waals surface area contributed by atoms with Crippen molar-refractivity contribution in [2.75, 3.05) is 30.5 Å². The highest BCUT2D eigenvalue weighted by Crippen LogP contribution is 2.44. The van der Waals surface area contributed by atoms with Crippen LogP contribution in [0.1, 0.15) is 28.2 Å². The van der Waals surface area contributed by atoms with E-state index in [1.165, 1.54) is 27.8 Å². The lowest BCUT2D eigenvalue weighted by Gasteiger charge is -2.30. The molecule has 2 aromatic rings. The van der Waals surface area contributed by atoms with E-state index in [1.807, 2.05) is 23.5 Å². The van der Waals surface area contributed by atoms with Gasteiger partial charge in [0, 0.05) is 23.2 Å². The van der Waals surface area contributed by atoms with E-state index in [0.29, 0.717) is 5.92 Å². The van der Waals surface area contributed by atoms with Crippen molar-refractivity contribution in [3.63, 3.8) is 0 Å². The van der Waals surface area contributed by atoms with Gasteiger partial charge in [-0.1, -0.05) is 48.5 Å². The van der Waals surface area contributed by atoms with Gasteiger partial charge < -0.3 is 4.74 Å². The molecular formula is C20H20OS2. The monoisotopic (exact) mass is 340 g/mol. The van der Waals surface area contributed by atoms with E-state index >= 15 is 0 Å². The number of rotatable bonds is 0. The molecule has 0 amide bonds. The fraction of sp³-hybridized carbons (Fsp3) is 0.300. The Bertz CT molecular complexity index is 674. The summed E-state index contributed by atoms with van der Waals surface area (Å²) < 4.78 is 5.72. The summed E-state index contributed by atoms with van der Waals surface area (Å²) in [4.78, 5) is 0. The molecule has 1 aliphatic heterocycles. The van der Waals surface area contributed by atoms with Gasteiger partial charge in [0.25, 0.3) is 0 Å². The van der Waals surface area contributed by atoms with Crippen LogP contribution in [-0.2, 0) is 4.74 Å². The summed E-state index contributed by atoms with van der Waals surface area (Å²) in [6.07, 6.45) is 0. The molecule has 0 saturated heterocycles. The molecule has 2 aliphatic rings. The fourth-order valence-electron chi connectivity index (χ4n) is 3.38. The first-order valence-corrected chi connectivity index (χ1v) is 10.3. The summed E-state index contributed by atoms with van der Waals surface area (Å²) >= 11 is 3.87. The first-order chi connectivity index (χ1) is 11.4. The number of benzene rings is 2. The van der Waals surface area contributed by atoms with Crippen LogP contribution in [0.5, 0.6) is 0 Å². The maximum absolute atomic E-state index is 5.72. The van der Waals surface area contributed by atoms with E-state index in [-0.39, 0.29) is 0 Å². The van der Waals surface area contributed by atoms with E-state index < -0.39 is 0 Å². The molecule has 0 saturated carbocycles. The molecule has 118 valence electrons. The van der Waals surface area contributed by atoms with Crippen molar-refractivity contribution >= 4 is 29.1 Å². The maximum atomic E-state index is 5.72. The first kappa shape index (κ1) is 15.4. The minimum atomic E-state index is 0.482. The average Bonchev–Trinajstić information content (AvgIpc) is 2.63. The maximum Gasteiger partial charge on any atom is 0.0560 e. The van der Waals surface area contributed by atoms with Crippen LogP contribution in [0.25, 0.3) is 5.57 Å². The molecule has 0 fully saturated rings. The predicted octanol–water partition coefficient (Wildman–Crippen LogP) is 5.02. The molecule has 1 heterocycles. The van der Waals surface area contributed by atoms with Gasteiger partial charge in [-0.05, 0) is 33.2 Å². The Labute approximate surface area is 146 Å². The molecule has 0 aromatic heterocycles. The third-order valence-corrected chi connectivity index (χ3v) is 6.29. The molecule has 0 radical (unpaired) electrons. The molecule has 23 heavy (non-hydrogen) atoms. The smallest absolute Gasteiger partial charge is 0.0560 e. The highest BCUT2D eigenvalue weighted by atomic mass is 32.2. The van der Waals surface area contributed by atoms with Gasteiger partial charge in [0.2, 0.25) is 0 Å². The number of hydrogen-bond acceptors (Lipinski definition) is 3. The van der Waals surface area contributed by atoms with Gasteiger partial charge in [0.1, 0.15) is 0 Å². The molecule has 3 heteroatoms. The molecule has 0 atom stereocenters. The largest absolute Gasteiger partial charge is 0.380 e. The zero-order valence-corrected chi connectivity index (χ0v) is 14.7. The van der Waals surface area contributed by atoms with E-state index in [2.05, 4.69) is 53.9 Å². The van der Waals surface area contributed by atoms with Crippen molar-refractivity contribution in [1.29, 1.82) is 0 Å². The second-order valence-electron chi connectivity index (χ2n) is 5.82. The molecule has 0 N–H and O–H groups in total. The van der Waals surface area contributed by atoms with Crippen LogP contribution in [0.15, 0.2) is 53.9 Å². The van der Waals surface area contributed by atoms with Gasteiger partial charge in [-0.25, -0.2) is 0 Å². The lowest BCUT2D eigenvalue weighted by atomic mass is 9.77. The highest BCUT2D eigenvalue weighted by molar-refractivity contribution is 8.02. The SMILES string of the molecule is C1=C2c3ccccc3C(CSCCOCCS1)c1ccccc12. The third kappa shape index (κ3) is 3.10. The molecular weight excluding hydrogens is 320 g/mol. The van der Waals surface area contributed by atoms with Crippen molar-refractivity contribution in [2.45, 2.75) is 5.92 Å². The quantitative estimate of drug-likeness (QED) is 0.666. The minimum Gasteiger partial charge on any atom is -0.380 e.